The minimum atomic E-state index is -0.772. The fourth-order valence-corrected chi connectivity index (χ4v) is 1.95. The Hall–Kier alpha value is -1.51. The minimum absolute atomic E-state index is 0.313. The molecule has 0 amide bonds. The predicted molar refractivity (Wildman–Crippen MR) is 54.5 cm³/mol. The van der Waals surface area contributed by atoms with E-state index in [0.717, 1.165) is 5.69 Å². The maximum absolute atomic E-state index is 10.8. The predicted octanol–water partition coefficient (Wildman–Crippen LogP) is 2.06. The lowest BCUT2D eigenvalue weighted by Gasteiger charge is -2.28. The Morgan fingerprint density at radius 2 is 2.21 bits per heavy atom. The molecule has 2 N–H and O–H groups in total. The average Bonchev–Trinajstić information content (AvgIpc) is 2.17. The van der Waals surface area contributed by atoms with Crippen molar-refractivity contribution in [3.05, 3.63) is 29.8 Å². The fraction of sp³-hybridized carbons (Fsp3) is 0.364. The number of carboxylic acids is 1. The highest BCUT2D eigenvalue weighted by molar-refractivity contribution is 5.79. The van der Waals surface area contributed by atoms with Gasteiger partial charge >= 0.3 is 5.97 Å². The molecule has 0 aromatic heterocycles. The fourth-order valence-electron chi connectivity index (χ4n) is 1.95. The summed E-state index contributed by atoms with van der Waals surface area (Å²) < 4.78 is 0. The van der Waals surface area contributed by atoms with Crippen molar-refractivity contribution >= 4 is 11.7 Å². The number of hydrogen-bond acceptors (Lipinski definition) is 2. The molecule has 0 spiro atoms. The number of carbonyl (C=O) groups is 1. The molecule has 2 atom stereocenters. The van der Waals surface area contributed by atoms with E-state index in [1.807, 2.05) is 24.3 Å². The van der Waals surface area contributed by atoms with E-state index in [1.165, 1.54) is 5.56 Å². The van der Waals surface area contributed by atoms with Crippen molar-refractivity contribution in [2.24, 2.45) is 0 Å². The first-order valence-electron chi connectivity index (χ1n) is 4.76. The number of hydrogen-bond donors (Lipinski definition) is 2. The van der Waals surface area contributed by atoms with Crippen LogP contribution in [-0.2, 0) is 4.79 Å². The second-order valence-electron chi connectivity index (χ2n) is 3.76. The van der Waals surface area contributed by atoms with Crippen LogP contribution in [-0.4, -0.2) is 17.1 Å². The van der Waals surface area contributed by atoms with Gasteiger partial charge in [-0.15, -0.1) is 0 Å². The highest BCUT2D eigenvalue weighted by Gasteiger charge is 2.27. The first-order valence-corrected chi connectivity index (χ1v) is 4.76. The van der Waals surface area contributed by atoms with Gasteiger partial charge in [-0.3, -0.25) is 0 Å². The zero-order chi connectivity index (χ0) is 10.1. The molecule has 14 heavy (non-hydrogen) atoms. The second kappa shape index (κ2) is 3.33. The van der Waals surface area contributed by atoms with Gasteiger partial charge < -0.3 is 10.4 Å². The van der Waals surface area contributed by atoms with Crippen molar-refractivity contribution in [2.75, 3.05) is 5.32 Å². The molecular weight excluding hydrogens is 178 g/mol. The Balaban J connectivity index is 2.33. The number of aliphatic carboxylic acids is 1. The van der Waals surface area contributed by atoms with Gasteiger partial charge in [0.15, 0.2) is 0 Å². The lowest BCUT2D eigenvalue weighted by atomic mass is 9.88. The summed E-state index contributed by atoms with van der Waals surface area (Å²) in [6, 6.07) is 7.44. The number of rotatable bonds is 1. The molecule has 74 valence electrons. The van der Waals surface area contributed by atoms with Gasteiger partial charge in [-0.25, -0.2) is 4.79 Å². The summed E-state index contributed by atoms with van der Waals surface area (Å²) in [4.78, 5) is 10.8. The molecule has 0 fully saturated rings. The summed E-state index contributed by atoms with van der Waals surface area (Å²) in [7, 11) is 0. The molecule has 0 saturated carbocycles. The minimum Gasteiger partial charge on any atom is -0.480 e. The van der Waals surface area contributed by atoms with E-state index >= 15 is 0 Å². The van der Waals surface area contributed by atoms with Crippen LogP contribution in [0.4, 0.5) is 5.69 Å². The Labute approximate surface area is 82.8 Å². The molecule has 1 aromatic carbocycles. The third-order valence-electron chi connectivity index (χ3n) is 2.71. The molecular formula is C11H13NO2. The first kappa shape index (κ1) is 9.06. The maximum Gasteiger partial charge on any atom is 0.326 e. The zero-order valence-corrected chi connectivity index (χ0v) is 8.03. The number of carboxylic acid groups (broad SMARTS) is 1. The lowest BCUT2D eigenvalue weighted by Crippen LogP contribution is -2.34. The summed E-state index contributed by atoms with van der Waals surface area (Å²) >= 11 is 0. The van der Waals surface area contributed by atoms with E-state index in [1.54, 1.807) is 0 Å². The molecule has 2 unspecified atom stereocenters. The first-order chi connectivity index (χ1) is 6.68. The summed E-state index contributed by atoms with van der Waals surface area (Å²) in [6.07, 6.45) is 0.659. The molecule has 3 heteroatoms. The Morgan fingerprint density at radius 1 is 1.50 bits per heavy atom. The van der Waals surface area contributed by atoms with Crippen LogP contribution in [0, 0.1) is 0 Å². The van der Waals surface area contributed by atoms with E-state index in [0.29, 0.717) is 12.3 Å². The highest BCUT2D eigenvalue weighted by atomic mass is 16.4. The zero-order valence-electron chi connectivity index (χ0n) is 8.03. The molecule has 0 saturated heterocycles. The average molecular weight is 191 g/mol. The van der Waals surface area contributed by atoms with Crippen LogP contribution in [0.5, 0.6) is 0 Å². The largest absolute Gasteiger partial charge is 0.480 e. The Morgan fingerprint density at radius 3 is 2.93 bits per heavy atom. The van der Waals surface area contributed by atoms with Crippen molar-refractivity contribution in [1.82, 2.24) is 0 Å². The van der Waals surface area contributed by atoms with Crippen molar-refractivity contribution in [1.29, 1.82) is 0 Å². The topological polar surface area (TPSA) is 49.3 Å². The lowest BCUT2D eigenvalue weighted by molar-refractivity contribution is -0.138. The van der Waals surface area contributed by atoms with Gasteiger partial charge in [0.25, 0.3) is 0 Å². The number of nitrogens with one attached hydrogen (secondary N) is 1. The van der Waals surface area contributed by atoms with Crippen LogP contribution in [0.2, 0.25) is 0 Å². The van der Waals surface area contributed by atoms with Crippen LogP contribution in [0.15, 0.2) is 24.3 Å². The Kier molecular flexibility index (Phi) is 2.15. The van der Waals surface area contributed by atoms with Gasteiger partial charge in [0.1, 0.15) is 6.04 Å². The molecule has 1 aliphatic rings. The van der Waals surface area contributed by atoms with Crippen LogP contribution in [0.25, 0.3) is 0 Å². The summed E-state index contributed by atoms with van der Waals surface area (Å²) in [6.45, 7) is 2.07. The molecule has 1 aromatic rings. The monoisotopic (exact) mass is 191 g/mol. The molecule has 1 heterocycles. The third-order valence-corrected chi connectivity index (χ3v) is 2.71. The summed E-state index contributed by atoms with van der Waals surface area (Å²) in [5, 5.41) is 11.9. The van der Waals surface area contributed by atoms with Gasteiger partial charge in [-0.2, -0.15) is 0 Å². The molecule has 0 radical (unpaired) electrons. The van der Waals surface area contributed by atoms with Crippen molar-refractivity contribution in [2.45, 2.75) is 25.3 Å². The van der Waals surface area contributed by atoms with Gasteiger partial charge in [0, 0.05) is 5.69 Å². The van der Waals surface area contributed by atoms with Gasteiger partial charge in [0.2, 0.25) is 0 Å². The molecule has 1 aliphatic heterocycles. The van der Waals surface area contributed by atoms with Crippen molar-refractivity contribution in [3.8, 4) is 0 Å². The van der Waals surface area contributed by atoms with E-state index in [-0.39, 0.29) is 0 Å². The van der Waals surface area contributed by atoms with Crippen molar-refractivity contribution < 1.29 is 9.90 Å². The Bertz CT molecular complexity index is 362. The van der Waals surface area contributed by atoms with E-state index in [4.69, 9.17) is 5.11 Å². The van der Waals surface area contributed by atoms with Crippen LogP contribution >= 0.6 is 0 Å². The van der Waals surface area contributed by atoms with E-state index in [2.05, 4.69) is 12.2 Å². The van der Waals surface area contributed by atoms with E-state index < -0.39 is 12.0 Å². The van der Waals surface area contributed by atoms with Crippen LogP contribution in [0.1, 0.15) is 24.8 Å². The quantitative estimate of drug-likeness (QED) is 0.714. The van der Waals surface area contributed by atoms with Crippen LogP contribution < -0.4 is 5.32 Å². The summed E-state index contributed by atoms with van der Waals surface area (Å²) in [5.74, 6) is -0.458. The standard InChI is InChI=1S/C11H13NO2/c1-7-6-10(11(13)14)12-9-5-3-2-4-8(7)9/h2-5,7,10,12H,6H2,1H3,(H,13,14). The maximum atomic E-state index is 10.8. The normalized spacial score (nSPS) is 24.9. The number of anilines is 1. The van der Waals surface area contributed by atoms with Crippen molar-refractivity contribution in [3.63, 3.8) is 0 Å². The molecule has 0 aliphatic carbocycles. The SMILES string of the molecule is CC1CC(C(=O)O)Nc2ccccc21. The summed E-state index contributed by atoms with van der Waals surface area (Å²) in [5.41, 5.74) is 2.17. The van der Waals surface area contributed by atoms with Gasteiger partial charge in [-0.1, -0.05) is 25.1 Å². The third kappa shape index (κ3) is 1.45. The number of fused-ring (bicyclic) bond motifs is 1. The van der Waals surface area contributed by atoms with Crippen LogP contribution in [0.3, 0.4) is 0 Å². The highest BCUT2D eigenvalue weighted by Crippen LogP contribution is 2.33. The smallest absolute Gasteiger partial charge is 0.326 e. The van der Waals surface area contributed by atoms with E-state index in [9.17, 15) is 4.79 Å². The molecule has 2 rings (SSSR count). The van der Waals surface area contributed by atoms with Gasteiger partial charge in [-0.05, 0) is 24.0 Å². The molecule has 0 bridgehead atoms. The van der Waals surface area contributed by atoms with Gasteiger partial charge in [0.05, 0.1) is 0 Å². The molecule has 3 nitrogen and oxygen atoms in total. The number of benzene rings is 1. The second-order valence-corrected chi connectivity index (χ2v) is 3.76. The number of para-hydroxylation sites is 1.